The topological polar surface area (TPSA) is 68.5 Å². The third-order valence-corrected chi connectivity index (χ3v) is 3.96. The van der Waals surface area contributed by atoms with Crippen molar-refractivity contribution < 1.29 is 9.66 Å². The Balaban J connectivity index is 1.89. The van der Waals surface area contributed by atoms with Gasteiger partial charge in [-0.1, -0.05) is 18.2 Å². The lowest BCUT2D eigenvalue weighted by Gasteiger charge is -2.27. The van der Waals surface area contributed by atoms with E-state index in [1.165, 1.54) is 0 Å². The van der Waals surface area contributed by atoms with Crippen LogP contribution in [0.1, 0.15) is 18.4 Å². The normalized spacial score (nSPS) is 17.1. The molecule has 0 N–H and O–H groups in total. The molecular formula is C17H19N3O3. The molecule has 1 aromatic carbocycles. The van der Waals surface area contributed by atoms with Crippen LogP contribution in [0.2, 0.25) is 0 Å². The molecule has 2 aromatic rings. The average Bonchev–Trinajstić information content (AvgIpc) is 3.08. The van der Waals surface area contributed by atoms with Crippen molar-refractivity contribution in [1.29, 1.82) is 0 Å². The van der Waals surface area contributed by atoms with Crippen LogP contribution in [0.5, 0.6) is 0 Å². The minimum atomic E-state index is -0.332. The number of benzene rings is 1. The van der Waals surface area contributed by atoms with Crippen LogP contribution in [-0.2, 0) is 11.3 Å². The van der Waals surface area contributed by atoms with Crippen LogP contribution in [0.15, 0.2) is 48.8 Å². The van der Waals surface area contributed by atoms with Gasteiger partial charge in [-0.3, -0.25) is 15.1 Å². The highest BCUT2D eigenvalue weighted by molar-refractivity contribution is 5.63. The summed E-state index contributed by atoms with van der Waals surface area (Å²) in [4.78, 5) is 17.2. The molecule has 3 rings (SSSR count). The molecule has 1 fully saturated rings. The predicted molar refractivity (Wildman–Crippen MR) is 87.4 cm³/mol. The van der Waals surface area contributed by atoms with Gasteiger partial charge in [0.2, 0.25) is 0 Å². The molecule has 1 atom stereocenters. The first-order valence-electron chi connectivity index (χ1n) is 7.73. The summed E-state index contributed by atoms with van der Waals surface area (Å²) in [6.07, 6.45) is 5.66. The van der Waals surface area contributed by atoms with Gasteiger partial charge in [-0.2, -0.15) is 0 Å². The van der Waals surface area contributed by atoms with E-state index in [1.807, 2.05) is 23.1 Å². The summed E-state index contributed by atoms with van der Waals surface area (Å²) >= 11 is 0. The summed E-state index contributed by atoms with van der Waals surface area (Å²) in [5.41, 5.74) is 1.76. The van der Waals surface area contributed by atoms with E-state index >= 15 is 0 Å². The zero-order valence-corrected chi connectivity index (χ0v) is 12.8. The molecule has 0 bridgehead atoms. The molecule has 6 nitrogen and oxygen atoms in total. The van der Waals surface area contributed by atoms with Crippen molar-refractivity contribution in [2.45, 2.75) is 25.5 Å². The summed E-state index contributed by atoms with van der Waals surface area (Å²) in [7, 11) is 0. The second-order valence-corrected chi connectivity index (χ2v) is 5.62. The van der Waals surface area contributed by atoms with Crippen molar-refractivity contribution in [3.8, 4) is 0 Å². The van der Waals surface area contributed by atoms with E-state index in [2.05, 4.69) is 4.98 Å². The number of pyridine rings is 1. The molecule has 1 saturated heterocycles. The van der Waals surface area contributed by atoms with Crippen molar-refractivity contribution >= 4 is 11.4 Å². The van der Waals surface area contributed by atoms with Gasteiger partial charge in [-0.15, -0.1) is 0 Å². The van der Waals surface area contributed by atoms with Crippen LogP contribution in [-0.4, -0.2) is 29.2 Å². The van der Waals surface area contributed by atoms with Crippen LogP contribution in [0.25, 0.3) is 0 Å². The molecule has 0 saturated carbocycles. The maximum atomic E-state index is 11.4. The van der Waals surface area contributed by atoms with Gasteiger partial charge in [0.25, 0.3) is 5.69 Å². The number of ether oxygens (including phenoxy) is 1. The molecule has 0 radical (unpaired) electrons. The van der Waals surface area contributed by atoms with Gasteiger partial charge >= 0.3 is 0 Å². The van der Waals surface area contributed by atoms with Crippen molar-refractivity contribution in [3.63, 3.8) is 0 Å². The maximum absolute atomic E-state index is 11.4. The Morgan fingerprint density at radius 2 is 2.17 bits per heavy atom. The van der Waals surface area contributed by atoms with Crippen LogP contribution in [0.4, 0.5) is 11.4 Å². The summed E-state index contributed by atoms with van der Waals surface area (Å²) in [5, 5.41) is 11.4. The zero-order valence-electron chi connectivity index (χ0n) is 12.8. The monoisotopic (exact) mass is 313 g/mol. The highest BCUT2D eigenvalue weighted by atomic mass is 16.6. The number of rotatable bonds is 6. The molecule has 120 valence electrons. The maximum Gasteiger partial charge on any atom is 0.292 e. The van der Waals surface area contributed by atoms with Crippen molar-refractivity contribution in [2.75, 3.05) is 18.1 Å². The smallest absolute Gasteiger partial charge is 0.292 e. The van der Waals surface area contributed by atoms with Crippen molar-refractivity contribution in [3.05, 3.63) is 64.5 Å². The second kappa shape index (κ2) is 7.19. The number of nitrogens with zero attached hydrogens (tertiary/aromatic N) is 3. The molecule has 1 aliphatic rings. The molecule has 0 unspecified atom stereocenters. The van der Waals surface area contributed by atoms with Crippen LogP contribution >= 0.6 is 0 Å². The molecule has 23 heavy (non-hydrogen) atoms. The van der Waals surface area contributed by atoms with Crippen LogP contribution in [0, 0.1) is 10.1 Å². The first-order chi connectivity index (χ1) is 11.2. The highest BCUT2D eigenvalue weighted by Crippen LogP contribution is 2.30. The molecule has 0 aliphatic carbocycles. The number of anilines is 1. The van der Waals surface area contributed by atoms with E-state index in [9.17, 15) is 10.1 Å². The fraction of sp³-hybridized carbons (Fsp3) is 0.353. The van der Waals surface area contributed by atoms with E-state index in [4.69, 9.17) is 4.74 Å². The van der Waals surface area contributed by atoms with Crippen LogP contribution < -0.4 is 4.90 Å². The summed E-state index contributed by atoms with van der Waals surface area (Å²) in [6.45, 7) is 1.97. The summed E-state index contributed by atoms with van der Waals surface area (Å²) < 4.78 is 5.72. The number of para-hydroxylation sites is 2. The first-order valence-corrected chi connectivity index (χ1v) is 7.73. The quantitative estimate of drug-likeness (QED) is 0.605. The Bertz CT molecular complexity index is 657. The number of nitro groups is 1. The standard InChI is InChI=1S/C17H19N3O3/c21-20(22)17-8-2-1-7-16(17)19(13-15-6-4-10-23-15)12-14-5-3-9-18-11-14/h1-3,5,7-9,11,15H,4,6,10,12-13H2/t15-/m1/s1. The lowest BCUT2D eigenvalue weighted by atomic mass is 10.1. The van der Waals surface area contributed by atoms with Gasteiger partial charge in [-0.05, 0) is 30.5 Å². The van der Waals surface area contributed by atoms with Gasteiger partial charge < -0.3 is 9.64 Å². The van der Waals surface area contributed by atoms with Gasteiger partial charge in [0.15, 0.2) is 0 Å². The van der Waals surface area contributed by atoms with E-state index in [0.717, 1.165) is 25.0 Å². The summed E-state index contributed by atoms with van der Waals surface area (Å²) in [5.74, 6) is 0. The molecule has 1 aromatic heterocycles. The Morgan fingerprint density at radius 1 is 1.30 bits per heavy atom. The van der Waals surface area contributed by atoms with E-state index < -0.39 is 0 Å². The lowest BCUT2D eigenvalue weighted by Crippen LogP contribution is -2.32. The SMILES string of the molecule is O=[N+]([O-])c1ccccc1N(Cc1cccnc1)C[C@H]1CCCO1. The minimum absolute atomic E-state index is 0.117. The molecule has 1 aliphatic heterocycles. The van der Waals surface area contributed by atoms with Gasteiger partial charge in [0.1, 0.15) is 5.69 Å². The Hall–Kier alpha value is -2.47. The fourth-order valence-electron chi connectivity index (χ4n) is 2.88. The molecule has 6 heteroatoms. The minimum Gasteiger partial charge on any atom is -0.376 e. The third kappa shape index (κ3) is 3.84. The van der Waals surface area contributed by atoms with Gasteiger partial charge in [0.05, 0.1) is 11.0 Å². The van der Waals surface area contributed by atoms with Gasteiger partial charge in [-0.25, -0.2) is 0 Å². The molecule has 0 spiro atoms. The lowest BCUT2D eigenvalue weighted by molar-refractivity contribution is -0.384. The Kier molecular flexibility index (Phi) is 4.83. The number of hydrogen-bond acceptors (Lipinski definition) is 5. The van der Waals surface area contributed by atoms with Crippen molar-refractivity contribution in [2.24, 2.45) is 0 Å². The number of aromatic nitrogens is 1. The highest BCUT2D eigenvalue weighted by Gasteiger charge is 2.24. The van der Waals surface area contributed by atoms with E-state index in [1.54, 1.807) is 30.6 Å². The van der Waals surface area contributed by atoms with Gasteiger partial charge in [0, 0.05) is 38.2 Å². The molecule has 0 amide bonds. The Morgan fingerprint density at radius 3 is 2.87 bits per heavy atom. The fourth-order valence-corrected chi connectivity index (χ4v) is 2.88. The Labute approximate surface area is 134 Å². The zero-order chi connectivity index (χ0) is 16.1. The predicted octanol–water partition coefficient (Wildman–Crippen LogP) is 3.18. The molecule has 2 heterocycles. The van der Waals surface area contributed by atoms with E-state index in [0.29, 0.717) is 18.8 Å². The summed E-state index contributed by atoms with van der Waals surface area (Å²) in [6, 6.07) is 10.7. The van der Waals surface area contributed by atoms with E-state index in [-0.39, 0.29) is 16.7 Å². The third-order valence-electron chi connectivity index (χ3n) is 3.96. The van der Waals surface area contributed by atoms with Crippen LogP contribution in [0.3, 0.4) is 0 Å². The van der Waals surface area contributed by atoms with Crippen molar-refractivity contribution in [1.82, 2.24) is 4.98 Å². The number of nitro benzene ring substituents is 1. The largest absolute Gasteiger partial charge is 0.376 e. The molecular weight excluding hydrogens is 294 g/mol. The second-order valence-electron chi connectivity index (χ2n) is 5.62. The first kappa shape index (κ1) is 15.4. The average molecular weight is 313 g/mol. The number of hydrogen-bond donors (Lipinski definition) is 0.